The van der Waals surface area contributed by atoms with Crippen molar-refractivity contribution in [3.63, 3.8) is 0 Å². The van der Waals surface area contributed by atoms with Crippen molar-refractivity contribution in [2.45, 2.75) is 37.7 Å². The monoisotopic (exact) mass is 586 g/mol. The van der Waals surface area contributed by atoms with Gasteiger partial charge >= 0.3 is 0 Å². The first-order chi connectivity index (χ1) is 19.0. The Kier molecular flexibility index (Phi) is 7.99. The Morgan fingerprint density at radius 3 is 2.52 bits per heavy atom. The third kappa shape index (κ3) is 7.11. The Hall–Kier alpha value is -3.64. The average Bonchev–Trinajstić information content (AvgIpc) is 3.30. The molecule has 1 N–H and O–H groups in total. The summed E-state index contributed by atoms with van der Waals surface area (Å²) in [5.74, 6) is 1.41. The second-order valence-electron chi connectivity index (χ2n) is 10.0. The molecule has 0 bridgehead atoms. The van der Waals surface area contributed by atoms with Crippen LogP contribution in [-0.4, -0.2) is 52.1 Å². The van der Waals surface area contributed by atoms with Crippen LogP contribution in [0.3, 0.4) is 0 Å². The summed E-state index contributed by atoms with van der Waals surface area (Å²) < 4.78 is 66.2. The molecule has 2 heterocycles. The zero-order valence-corrected chi connectivity index (χ0v) is 23.5. The summed E-state index contributed by atoms with van der Waals surface area (Å²) in [6.45, 7) is 0.260. The highest BCUT2D eigenvalue weighted by atomic mass is 32.2. The van der Waals surface area contributed by atoms with Gasteiger partial charge in [-0.1, -0.05) is 24.3 Å². The molecule has 0 saturated carbocycles. The zero-order chi connectivity index (χ0) is 28.3. The number of pyridine rings is 1. The fraction of sp³-hybridized carbons (Fsp3) is 0.357. The highest BCUT2D eigenvalue weighted by molar-refractivity contribution is 7.90. The number of aromatic nitrogens is 1. The van der Waals surface area contributed by atoms with Gasteiger partial charge in [0.2, 0.25) is 21.8 Å². The predicted molar refractivity (Wildman–Crippen MR) is 148 cm³/mol. The van der Waals surface area contributed by atoms with Gasteiger partial charge in [-0.2, -0.15) is 0 Å². The van der Waals surface area contributed by atoms with Crippen molar-refractivity contribution in [3.8, 4) is 23.1 Å². The largest absolute Gasteiger partial charge is 0.486 e. The maximum atomic E-state index is 11.9. The normalized spacial score (nSPS) is 19.9. The minimum Gasteiger partial charge on any atom is -0.486 e. The minimum atomic E-state index is -3.60. The minimum absolute atomic E-state index is 0.0658. The molecule has 12 heteroatoms. The van der Waals surface area contributed by atoms with Gasteiger partial charge in [0, 0.05) is 30.2 Å². The van der Waals surface area contributed by atoms with Gasteiger partial charge in [-0.25, -0.2) is 21.8 Å². The van der Waals surface area contributed by atoms with E-state index in [-0.39, 0.29) is 36.6 Å². The Morgan fingerprint density at radius 1 is 1.05 bits per heavy atom. The molecular weight excluding hydrogens is 556 g/mol. The second kappa shape index (κ2) is 11.5. The predicted octanol–water partition coefficient (Wildman–Crippen LogP) is 3.69. The summed E-state index contributed by atoms with van der Waals surface area (Å²) >= 11 is 0. The number of sulfonamides is 1. The van der Waals surface area contributed by atoms with E-state index in [0.717, 1.165) is 35.3 Å². The number of carbonyl (C=O) groups excluding carboxylic acids is 1. The number of sulfone groups is 1. The van der Waals surface area contributed by atoms with Crippen LogP contribution in [0.5, 0.6) is 23.1 Å². The summed E-state index contributed by atoms with van der Waals surface area (Å²) in [4.78, 5) is 16.0. The van der Waals surface area contributed by atoms with Crippen LogP contribution in [0.1, 0.15) is 48.0 Å². The second-order valence-corrected chi connectivity index (χ2v) is 14.0. The van der Waals surface area contributed by atoms with Gasteiger partial charge in [0.1, 0.15) is 33.2 Å². The van der Waals surface area contributed by atoms with Crippen LogP contribution in [0.25, 0.3) is 0 Å². The molecule has 40 heavy (non-hydrogen) atoms. The van der Waals surface area contributed by atoms with Crippen molar-refractivity contribution in [3.05, 3.63) is 77.5 Å². The first-order valence-corrected chi connectivity index (χ1v) is 16.6. The number of hydrogen-bond donors (Lipinski definition) is 1. The zero-order valence-electron chi connectivity index (χ0n) is 21.9. The van der Waals surface area contributed by atoms with Crippen LogP contribution in [0.2, 0.25) is 0 Å². The van der Waals surface area contributed by atoms with Crippen molar-refractivity contribution in [2.75, 3.05) is 24.4 Å². The quantitative estimate of drug-likeness (QED) is 0.353. The summed E-state index contributed by atoms with van der Waals surface area (Å²) in [5, 5.41) is 0. The van der Waals surface area contributed by atoms with Crippen molar-refractivity contribution < 1.29 is 35.8 Å². The molecule has 1 saturated heterocycles. The fourth-order valence-corrected chi connectivity index (χ4v) is 6.94. The lowest BCUT2D eigenvalue weighted by Crippen LogP contribution is -2.40. The van der Waals surface area contributed by atoms with Crippen molar-refractivity contribution >= 4 is 25.8 Å². The van der Waals surface area contributed by atoms with Gasteiger partial charge in [0.25, 0.3) is 0 Å². The molecular formula is C28H30N2O8S2. The van der Waals surface area contributed by atoms with E-state index in [2.05, 4.69) is 4.98 Å². The molecule has 2 aromatic carbocycles. The molecule has 1 unspecified atom stereocenters. The van der Waals surface area contributed by atoms with E-state index in [1.54, 1.807) is 18.3 Å². The molecule has 2 atom stereocenters. The molecule has 3 aromatic rings. The lowest BCUT2D eigenvalue weighted by atomic mass is 9.97. The number of rotatable bonds is 10. The van der Waals surface area contributed by atoms with Crippen LogP contribution >= 0.6 is 0 Å². The standard InChI is InChI=1S/C28H30N2O8S2/c1-39(32,33)15-3-14-36-28-13-10-22(17-29-28)38-25-5-2-4-23-24(25)11-12-26(23)37-21-8-6-19(7-9-21)20-16-27(31)30-40(34,35)18-20/h2,4-10,13,17,20,26H,3,11-12,14-16,18H2,1H3,(H,30,31)/t20?,26-/m1/s1. The highest BCUT2D eigenvalue weighted by Gasteiger charge is 2.31. The van der Waals surface area contributed by atoms with Crippen molar-refractivity contribution in [1.29, 1.82) is 0 Å². The van der Waals surface area contributed by atoms with Gasteiger partial charge in [-0.05, 0) is 54.7 Å². The smallest absolute Gasteiger partial charge is 0.235 e. The molecule has 1 amide bonds. The molecule has 0 radical (unpaired) electrons. The number of nitrogens with zero attached hydrogens (tertiary/aromatic N) is 1. The highest BCUT2D eigenvalue weighted by Crippen LogP contribution is 2.41. The summed E-state index contributed by atoms with van der Waals surface area (Å²) in [7, 11) is -6.62. The van der Waals surface area contributed by atoms with E-state index in [4.69, 9.17) is 14.2 Å². The summed E-state index contributed by atoms with van der Waals surface area (Å²) in [5.41, 5.74) is 2.88. The molecule has 1 fully saturated rings. The third-order valence-corrected chi connectivity index (χ3v) is 9.18. The van der Waals surface area contributed by atoms with Gasteiger partial charge < -0.3 is 14.2 Å². The SMILES string of the molecule is CS(=O)(=O)CCCOc1ccc(Oc2cccc3c2CC[C@H]3Oc2ccc(C3CC(=O)NS(=O)(=O)C3)cc2)cn1. The summed E-state index contributed by atoms with van der Waals surface area (Å²) in [6.07, 6.45) is 4.68. The van der Waals surface area contributed by atoms with E-state index in [9.17, 15) is 21.6 Å². The number of benzene rings is 2. The molecule has 1 aliphatic heterocycles. The van der Waals surface area contributed by atoms with Gasteiger partial charge in [0.05, 0.1) is 24.3 Å². The molecule has 10 nitrogen and oxygen atoms in total. The maximum Gasteiger partial charge on any atom is 0.235 e. The number of fused-ring (bicyclic) bond motifs is 1. The molecule has 0 spiro atoms. The Balaban J connectivity index is 1.20. The Labute approximate surface area is 233 Å². The number of ether oxygens (including phenoxy) is 3. The lowest BCUT2D eigenvalue weighted by Gasteiger charge is -2.23. The Bertz CT molecular complexity index is 1590. The van der Waals surface area contributed by atoms with E-state index >= 15 is 0 Å². The van der Waals surface area contributed by atoms with E-state index in [0.29, 0.717) is 23.8 Å². The number of hydrogen-bond acceptors (Lipinski definition) is 9. The topological polar surface area (TPSA) is 138 Å². The molecule has 2 aliphatic rings. The molecule has 5 rings (SSSR count). The van der Waals surface area contributed by atoms with Crippen LogP contribution in [0.15, 0.2) is 60.8 Å². The van der Waals surface area contributed by atoms with Crippen molar-refractivity contribution in [1.82, 2.24) is 9.71 Å². The van der Waals surface area contributed by atoms with Gasteiger partial charge in [-0.15, -0.1) is 0 Å². The van der Waals surface area contributed by atoms with E-state index in [1.165, 1.54) is 6.26 Å². The van der Waals surface area contributed by atoms with E-state index in [1.807, 2.05) is 47.2 Å². The fourth-order valence-electron chi connectivity index (χ4n) is 4.94. The number of nitrogens with one attached hydrogen (secondary N) is 1. The number of amides is 1. The third-order valence-electron chi connectivity index (χ3n) is 6.77. The van der Waals surface area contributed by atoms with Gasteiger partial charge in [-0.3, -0.25) is 9.52 Å². The summed E-state index contributed by atoms with van der Waals surface area (Å²) in [6, 6.07) is 16.5. The first-order valence-electron chi connectivity index (χ1n) is 12.9. The van der Waals surface area contributed by atoms with Crippen LogP contribution in [0, 0.1) is 0 Å². The van der Waals surface area contributed by atoms with Gasteiger partial charge in [0.15, 0.2) is 0 Å². The maximum absolute atomic E-state index is 11.9. The average molecular weight is 587 g/mol. The number of carbonyl (C=O) groups is 1. The molecule has 1 aliphatic carbocycles. The van der Waals surface area contributed by atoms with Crippen LogP contribution in [-0.2, 0) is 31.1 Å². The van der Waals surface area contributed by atoms with E-state index < -0.39 is 25.8 Å². The van der Waals surface area contributed by atoms with Crippen LogP contribution < -0.4 is 18.9 Å². The molecule has 212 valence electrons. The first kappa shape index (κ1) is 27.9. The van der Waals surface area contributed by atoms with Crippen molar-refractivity contribution in [2.24, 2.45) is 0 Å². The Morgan fingerprint density at radius 2 is 1.82 bits per heavy atom. The van der Waals surface area contributed by atoms with Crippen LogP contribution in [0.4, 0.5) is 0 Å². The lowest BCUT2D eigenvalue weighted by molar-refractivity contribution is -0.119. The molecule has 1 aromatic heterocycles.